The van der Waals surface area contributed by atoms with Crippen molar-refractivity contribution in [3.63, 3.8) is 0 Å². The summed E-state index contributed by atoms with van der Waals surface area (Å²) in [6, 6.07) is 15.9. The number of aryl methyl sites for hydroxylation is 1. The Balaban J connectivity index is 1.43. The highest BCUT2D eigenvalue weighted by Gasteiger charge is 2.20. The predicted octanol–water partition coefficient (Wildman–Crippen LogP) is 4.43. The maximum Gasteiger partial charge on any atom is 0.319 e. The van der Waals surface area contributed by atoms with Crippen LogP contribution in [0.15, 0.2) is 48.5 Å². The Labute approximate surface area is 154 Å². The molecule has 0 atom stereocenters. The number of piperidine rings is 1. The molecule has 0 aromatic heterocycles. The highest BCUT2D eigenvalue weighted by atomic mass is 35.5. The number of urea groups is 1. The van der Waals surface area contributed by atoms with Gasteiger partial charge in [0.15, 0.2) is 0 Å². The third-order valence-corrected chi connectivity index (χ3v) is 4.89. The van der Waals surface area contributed by atoms with E-state index in [4.69, 9.17) is 11.6 Å². The molecule has 0 aliphatic carbocycles. The van der Waals surface area contributed by atoms with E-state index in [1.165, 1.54) is 5.56 Å². The van der Waals surface area contributed by atoms with Crippen LogP contribution in [-0.2, 0) is 6.54 Å². The fourth-order valence-corrected chi connectivity index (χ4v) is 3.27. The van der Waals surface area contributed by atoms with Gasteiger partial charge >= 0.3 is 6.03 Å². The Bertz CT molecular complexity index is 709. The van der Waals surface area contributed by atoms with E-state index in [1.807, 2.05) is 43.3 Å². The number of halogens is 1. The van der Waals surface area contributed by atoms with Crippen LogP contribution in [0.2, 0.25) is 5.02 Å². The van der Waals surface area contributed by atoms with Crippen LogP contribution >= 0.6 is 11.6 Å². The fourth-order valence-electron chi connectivity index (χ4n) is 3.14. The van der Waals surface area contributed by atoms with Crippen molar-refractivity contribution < 1.29 is 4.79 Å². The molecule has 0 bridgehead atoms. The van der Waals surface area contributed by atoms with Gasteiger partial charge in [-0.1, -0.05) is 41.9 Å². The molecule has 2 N–H and O–H groups in total. The second kappa shape index (κ2) is 8.37. The monoisotopic (exact) mass is 357 g/mol. The number of likely N-dealkylation sites (tertiary alicyclic amines) is 1. The van der Waals surface area contributed by atoms with Crippen molar-refractivity contribution in [2.45, 2.75) is 32.4 Å². The van der Waals surface area contributed by atoms with Gasteiger partial charge in [-0.2, -0.15) is 0 Å². The first-order valence-corrected chi connectivity index (χ1v) is 9.08. The van der Waals surface area contributed by atoms with Gasteiger partial charge in [0.25, 0.3) is 0 Å². The van der Waals surface area contributed by atoms with Crippen molar-refractivity contribution >= 4 is 23.3 Å². The van der Waals surface area contributed by atoms with Gasteiger partial charge in [-0.3, -0.25) is 4.90 Å². The predicted molar refractivity (Wildman–Crippen MR) is 103 cm³/mol. The average molecular weight is 358 g/mol. The molecule has 2 aromatic carbocycles. The lowest BCUT2D eigenvalue weighted by Gasteiger charge is -2.32. The number of anilines is 1. The Morgan fingerprint density at radius 3 is 2.48 bits per heavy atom. The smallest absolute Gasteiger partial charge is 0.319 e. The van der Waals surface area contributed by atoms with Crippen molar-refractivity contribution in [1.82, 2.24) is 10.2 Å². The molecular formula is C20H24ClN3O. The number of nitrogens with zero attached hydrogens (tertiary/aromatic N) is 1. The van der Waals surface area contributed by atoms with E-state index in [0.717, 1.165) is 48.7 Å². The van der Waals surface area contributed by atoms with Gasteiger partial charge in [-0.25, -0.2) is 4.79 Å². The van der Waals surface area contributed by atoms with Gasteiger partial charge in [0, 0.05) is 36.4 Å². The molecule has 0 radical (unpaired) electrons. The van der Waals surface area contributed by atoms with Gasteiger partial charge in [0.2, 0.25) is 0 Å². The first-order valence-electron chi connectivity index (χ1n) is 8.70. The molecule has 0 saturated carbocycles. The minimum absolute atomic E-state index is 0.120. The van der Waals surface area contributed by atoms with Crippen molar-refractivity contribution in [3.8, 4) is 0 Å². The molecule has 2 aromatic rings. The summed E-state index contributed by atoms with van der Waals surface area (Å²) in [4.78, 5) is 14.6. The van der Waals surface area contributed by atoms with Gasteiger partial charge in [-0.15, -0.1) is 0 Å². The minimum Gasteiger partial charge on any atom is -0.335 e. The highest BCUT2D eigenvalue weighted by molar-refractivity contribution is 6.30. The number of nitrogens with one attached hydrogen (secondary N) is 2. The summed E-state index contributed by atoms with van der Waals surface area (Å²) in [5.41, 5.74) is 3.20. The molecule has 2 amide bonds. The molecule has 1 fully saturated rings. The summed E-state index contributed by atoms with van der Waals surface area (Å²) in [6.45, 7) is 4.89. The van der Waals surface area contributed by atoms with E-state index in [9.17, 15) is 4.79 Å². The van der Waals surface area contributed by atoms with Gasteiger partial charge in [0.05, 0.1) is 0 Å². The van der Waals surface area contributed by atoms with E-state index >= 15 is 0 Å². The Morgan fingerprint density at radius 2 is 1.80 bits per heavy atom. The number of carbonyl (C=O) groups is 1. The van der Waals surface area contributed by atoms with Crippen LogP contribution in [0, 0.1) is 6.92 Å². The number of para-hydroxylation sites is 1. The van der Waals surface area contributed by atoms with Crippen molar-refractivity contribution in [2.75, 3.05) is 18.4 Å². The molecule has 0 unspecified atom stereocenters. The van der Waals surface area contributed by atoms with Crippen molar-refractivity contribution in [1.29, 1.82) is 0 Å². The Hall–Kier alpha value is -2.04. The zero-order valence-electron chi connectivity index (χ0n) is 14.5. The van der Waals surface area contributed by atoms with Crippen LogP contribution in [0.25, 0.3) is 0 Å². The van der Waals surface area contributed by atoms with E-state index in [2.05, 4.69) is 27.7 Å². The van der Waals surface area contributed by atoms with Gasteiger partial charge in [0.1, 0.15) is 0 Å². The van der Waals surface area contributed by atoms with Crippen molar-refractivity contribution in [3.05, 3.63) is 64.7 Å². The first-order chi connectivity index (χ1) is 12.1. The van der Waals surface area contributed by atoms with Crippen LogP contribution in [0.3, 0.4) is 0 Å². The number of benzene rings is 2. The first kappa shape index (κ1) is 17.8. The molecule has 4 nitrogen and oxygen atoms in total. The van der Waals surface area contributed by atoms with E-state index in [0.29, 0.717) is 0 Å². The molecule has 25 heavy (non-hydrogen) atoms. The van der Waals surface area contributed by atoms with Crippen molar-refractivity contribution in [2.24, 2.45) is 0 Å². The van der Waals surface area contributed by atoms with E-state index in [-0.39, 0.29) is 12.1 Å². The normalized spacial score (nSPS) is 15.8. The molecule has 1 aliphatic rings. The van der Waals surface area contributed by atoms with Crippen LogP contribution in [0.1, 0.15) is 24.0 Å². The number of hydrogen-bond acceptors (Lipinski definition) is 2. The SMILES string of the molecule is Cc1ccccc1NC(=O)NC1CCN(Cc2ccc(Cl)cc2)CC1. The third-order valence-electron chi connectivity index (χ3n) is 4.64. The van der Waals surface area contributed by atoms with Gasteiger partial charge < -0.3 is 10.6 Å². The Kier molecular flexibility index (Phi) is 5.95. The van der Waals surface area contributed by atoms with Crippen LogP contribution in [0.5, 0.6) is 0 Å². The molecule has 1 saturated heterocycles. The molecule has 132 valence electrons. The number of carbonyl (C=O) groups excluding carboxylic acids is 1. The van der Waals surface area contributed by atoms with Gasteiger partial charge in [-0.05, 0) is 49.1 Å². The van der Waals surface area contributed by atoms with Crippen LogP contribution < -0.4 is 10.6 Å². The number of amides is 2. The van der Waals surface area contributed by atoms with Crippen LogP contribution in [-0.4, -0.2) is 30.1 Å². The lowest BCUT2D eigenvalue weighted by Crippen LogP contribution is -2.45. The third kappa shape index (κ3) is 5.21. The van der Waals surface area contributed by atoms with E-state index < -0.39 is 0 Å². The summed E-state index contributed by atoms with van der Waals surface area (Å²) < 4.78 is 0. The summed E-state index contributed by atoms with van der Waals surface area (Å²) in [5.74, 6) is 0. The molecular weight excluding hydrogens is 334 g/mol. The zero-order valence-corrected chi connectivity index (χ0v) is 15.2. The molecule has 1 heterocycles. The minimum atomic E-state index is -0.120. The number of hydrogen-bond donors (Lipinski definition) is 2. The summed E-state index contributed by atoms with van der Waals surface area (Å²) in [7, 11) is 0. The highest BCUT2D eigenvalue weighted by Crippen LogP contribution is 2.17. The quantitative estimate of drug-likeness (QED) is 0.849. The molecule has 3 rings (SSSR count). The second-order valence-electron chi connectivity index (χ2n) is 6.59. The lowest BCUT2D eigenvalue weighted by atomic mass is 10.0. The average Bonchev–Trinajstić information content (AvgIpc) is 2.61. The largest absolute Gasteiger partial charge is 0.335 e. The second-order valence-corrected chi connectivity index (χ2v) is 7.03. The number of rotatable bonds is 4. The lowest BCUT2D eigenvalue weighted by molar-refractivity contribution is 0.190. The van der Waals surface area contributed by atoms with Crippen LogP contribution in [0.4, 0.5) is 10.5 Å². The molecule has 0 spiro atoms. The molecule has 1 aliphatic heterocycles. The summed E-state index contributed by atoms with van der Waals surface area (Å²) in [6.07, 6.45) is 1.93. The van der Waals surface area contributed by atoms with E-state index in [1.54, 1.807) is 0 Å². The topological polar surface area (TPSA) is 44.4 Å². The fraction of sp³-hybridized carbons (Fsp3) is 0.350. The Morgan fingerprint density at radius 1 is 1.12 bits per heavy atom. The zero-order chi connectivity index (χ0) is 17.6. The standard InChI is InChI=1S/C20H24ClN3O/c1-15-4-2-3-5-19(15)23-20(25)22-18-10-12-24(13-11-18)14-16-6-8-17(21)9-7-16/h2-9,18H,10-14H2,1H3,(H2,22,23,25). The molecule has 5 heteroatoms. The maximum atomic E-state index is 12.2. The summed E-state index contributed by atoms with van der Waals surface area (Å²) in [5, 5.41) is 6.80. The summed E-state index contributed by atoms with van der Waals surface area (Å²) >= 11 is 5.93. The maximum absolute atomic E-state index is 12.2.